The Morgan fingerprint density at radius 3 is 2.46 bits per heavy atom. The van der Waals surface area contributed by atoms with Crippen molar-refractivity contribution in [3.63, 3.8) is 0 Å². The van der Waals surface area contributed by atoms with Crippen LogP contribution in [0.1, 0.15) is 61.5 Å². The Bertz CT molecular complexity index is 1730. The molecule has 0 amide bonds. The van der Waals surface area contributed by atoms with E-state index in [-0.39, 0.29) is 17.4 Å². The van der Waals surface area contributed by atoms with E-state index in [0.29, 0.717) is 41.1 Å². The number of nitrogens with zero attached hydrogens (tertiary/aromatic N) is 6. The first-order valence-electron chi connectivity index (χ1n) is 13.1. The van der Waals surface area contributed by atoms with Crippen molar-refractivity contribution in [2.75, 3.05) is 16.3 Å². The van der Waals surface area contributed by atoms with Crippen LogP contribution in [0.5, 0.6) is 0 Å². The molecule has 1 atom stereocenters. The molecule has 0 aliphatic heterocycles. The third kappa shape index (κ3) is 5.33. The van der Waals surface area contributed by atoms with Crippen LogP contribution in [-0.4, -0.2) is 44.2 Å². The second-order valence-electron chi connectivity index (χ2n) is 10.5. The standard InChI is InChI=1S/C27H30N8O3S/c1-15-22(23(19-8-9-19)31-14-30-15)24-29-13-21-26(33-24)35(16(2)18-6-7-18)27(36)25(32-21)28-12-17-4-10-20(11-5-17)34-39(3,37)38/h4-5,10-11,13-14,16,18-19,34H,6-9,12H2,1-3H3,(H,28,32)/t16-/m0/s1. The van der Waals surface area contributed by atoms with E-state index >= 15 is 0 Å². The number of hydrogen-bond donors (Lipinski definition) is 2. The minimum Gasteiger partial charge on any atom is -0.361 e. The molecule has 2 aliphatic carbocycles. The average molecular weight is 547 g/mol. The van der Waals surface area contributed by atoms with Gasteiger partial charge in [-0.2, -0.15) is 0 Å². The lowest BCUT2D eigenvalue weighted by atomic mass is 10.1. The summed E-state index contributed by atoms with van der Waals surface area (Å²) < 4.78 is 27.1. The van der Waals surface area contributed by atoms with E-state index in [1.807, 2.05) is 6.92 Å². The Balaban J connectivity index is 1.37. The summed E-state index contributed by atoms with van der Waals surface area (Å²) in [6, 6.07) is 6.91. The summed E-state index contributed by atoms with van der Waals surface area (Å²) in [7, 11) is -3.35. The minimum atomic E-state index is -3.35. The lowest BCUT2D eigenvalue weighted by molar-refractivity contribution is 0.482. The maximum Gasteiger partial charge on any atom is 0.295 e. The van der Waals surface area contributed by atoms with Gasteiger partial charge in [0.25, 0.3) is 5.56 Å². The predicted molar refractivity (Wildman–Crippen MR) is 149 cm³/mol. The summed E-state index contributed by atoms with van der Waals surface area (Å²) >= 11 is 0. The van der Waals surface area contributed by atoms with E-state index in [1.54, 1.807) is 41.4 Å². The maximum atomic E-state index is 13.8. The molecule has 2 aliphatic rings. The van der Waals surface area contributed by atoms with Crippen molar-refractivity contribution in [1.82, 2.24) is 29.5 Å². The largest absolute Gasteiger partial charge is 0.361 e. The van der Waals surface area contributed by atoms with Crippen LogP contribution in [0.3, 0.4) is 0 Å². The number of aryl methyl sites for hydroxylation is 1. The van der Waals surface area contributed by atoms with Crippen LogP contribution in [0.2, 0.25) is 0 Å². The summed E-state index contributed by atoms with van der Waals surface area (Å²) in [6.45, 7) is 4.34. The zero-order valence-corrected chi connectivity index (χ0v) is 22.9. The normalized spacial score (nSPS) is 16.3. The molecule has 11 nitrogen and oxygen atoms in total. The summed E-state index contributed by atoms with van der Waals surface area (Å²) in [5.74, 6) is 1.55. The van der Waals surface area contributed by atoms with E-state index in [0.717, 1.165) is 54.5 Å². The Labute approximate surface area is 226 Å². The summed E-state index contributed by atoms with van der Waals surface area (Å²) in [6.07, 6.45) is 8.70. The number of sulfonamides is 1. The van der Waals surface area contributed by atoms with Crippen molar-refractivity contribution in [1.29, 1.82) is 0 Å². The van der Waals surface area contributed by atoms with Crippen molar-refractivity contribution >= 4 is 32.7 Å². The molecule has 4 aromatic rings. The van der Waals surface area contributed by atoms with Gasteiger partial charge in [0, 0.05) is 24.2 Å². The van der Waals surface area contributed by atoms with Gasteiger partial charge in [0.15, 0.2) is 17.3 Å². The van der Waals surface area contributed by atoms with E-state index in [2.05, 4.69) is 36.9 Å². The third-order valence-electron chi connectivity index (χ3n) is 7.31. The molecule has 0 unspecified atom stereocenters. The van der Waals surface area contributed by atoms with E-state index in [4.69, 9.17) is 4.98 Å². The lowest BCUT2D eigenvalue weighted by Gasteiger charge is -2.19. The van der Waals surface area contributed by atoms with Crippen molar-refractivity contribution in [2.45, 2.75) is 58.0 Å². The van der Waals surface area contributed by atoms with Crippen LogP contribution in [0, 0.1) is 12.8 Å². The monoisotopic (exact) mass is 546 g/mol. The number of aromatic nitrogens is 6. The van der Waals surface area contributed by atoms with Gasteiger partial charge in [-0.1, -0.05) is 12.1 Å². The van der Waals surface area contributed by atoms with Gasteiger partial charge < -0.3 is 5.32 Å². The molecule has 6 rings (SSSR count). The number of benzene rings is 1. The molecule has 202 valence electrons. The van der Waals surface area contributed by atoms with Crippen molar-refractivity contribution in [2.24, 2.45) is 5.92 Å². The average Bonchev–Trinajstić information content (AvgIpc) is 3.80. The number of nitrogens with one attached hydrogen (secondary N) is 2. The molecule has 0 saturated heterocycles. The lowest BCUT2D eigenvalue weighted by Crippen LogP contribution is -2.29. The van der Waals surface area contributed by atoms with Crippen LogP contribution in [0.15, 0.2) is 41.6 Å². The van der Waals surface area contributed by atoms with Crippen molar-refractivity contribution in [3.8, 4) is 11.4 Å². The van der Waals surface area contributed by atoms with Gasteiger partial charge in [-0.15, -0.1) is 0 Å². The van der Waals surface area contributed by atoms with Crippen LogP contribution >= 0.6 is 0 Å². The Kier molecular flexibility index (Phi) is 6.29. The molecule has 2 fully saturated rings. The van der Waals surface area contributed by atoms with Crippen LogP contribution < -0.4 is 15.6 Å². The van der Waals surface area contributed by atoms with Crippen LogP contribution in [0.4, 0.5) is 11.5 Å². The number of fused-ring (bicyclic) bond motifs is 1. The molecule has 39 heavy (non-hydrogen) atoms. The van der Waals surface area contributed by atoms with E-state index in [9.17, 15) is 13.2 Å². The number of rotatable bonds is 9. The van der Waals surface area contributed by atoms with Gasteiger partial charge in [0.2, 0.25) is 10.0 Å². The topological polar surface area (TPSA) is 145 Å². The van der Waals surface area contributed by atoms with Crippen LogP contribution in [-0.2, 0) is 16.6 Å². The minimum absolute atomic E-state index is 0.0383. The fourth-order valence-corrected chi connectivity index (χ4v) is 5.49. The number of anilines is 2. The quantitative estimate of drug-likeness (QED) is 0.320. The van der Waals surface area contributed by atoms with Gasteiger partial charge in [-0.05, 0) is 63.1 Å². The number of hydrogen-bond acceptors (Lipinski definition) is 9. The van der Waals surface area contributed by atoms with Crippen LogP contribution in [0.25, 0.3) is 22.6 Å². The SMILES string of the molecule is Cc1ncnc(C2CC2)c1-c1ncc2nc(NCc3ccc(NS(C)(=O)=O)cc3)c(=O)n([C@@H](C)C3CC3)c2n1. The molecular weight excluding hydrogens is 516 g/mol. The third-order valence-corrected chi connectivity index (χ3v) is 7.92. The molecule has 0 radical (unpaired) electrons. The predicted octanol–water partition coefficient (Wildman–Crippen LogP) is 3.78. The van der Waals surface area contributed by atoms with E-state index < -0.39 is 10.0 Å². The Morgan fingerprint density at radius 1 is 1.05 bits per heavy atom. The zero-order valence-electron chi connectivity index (χ0n) is 22.0. The highest BCUT2D eigenvalue weighted by molar-refractivity contribution is 7.92. The molecule has 0 bridgehead atoms. The maximum absolute atomic E-state index is 13.8. The van der Waals surface area contributed by atoms with Crippen molar-refractivity contribution in [3.05, 3.63) is 64.1 Å². The molecule has 12 heteroatoms. The molecule has 0 spiro atoms. The van der Waals surface area contributed by atoms with Gasteiger partial charge in [0.1, 0.15) is 11.8 Å². The summed E-state index contributed by atoms with van der Waals surface area (Å²) in [5, 5.41) is 3.17. The fraction of sp³-hybridized carbons (Fsp3) is 0.407. The van der Waals surface area contributed by atoms with Gasteiger partial charge in [-0.3, -0.25) is 14.1 Å². The summed E-state index contributed by atoms with van der Waals surface area (Å²) in [4.78, 5) is 36.8. The highest BCUT2D eigenvalue weighted by Crippen LogP contribution is 2.43. The molecule has 2 N–H and O–H groups in total. The Hall–Kier alpha value is -3.93. The highest BCUT2D eigenvalue weighted by Gasteiger charge is 2.33. The molecule has 3 aromatic heterocycles. The zero-order chi connectivity index (χ0) is 27.3. The fourth-order valence-electron chi connectivity index (χ4n) is 4.93. The second-order valence-corrected chi connectivity index (χ2v) is 12.3. The second kappa shape index (κ2) is 9.67. The highest BCUT2D eigenvalue weighted by atomic mass is 32.2. The van der Waals surface area contributed by atoms with Gasteiger partial charge in [-0.25, -0.2) is 33.3 Å². The molecule has 2 saturated carbocycles. The first-order valence-corrected chi connectivity index (χ1v) is 15.0. The summed E-state index contributed by atoms with van der Waals surface area (Å²) in [5.41, 5.74) is 4.79. The van der Waals surface area contributed by atoms with E-state index in [1.165, 1.54) is 0 Å². The Morgan fingerprint density at radius 2 is 1.79 bits per heavy atom. The van der Waals surface area contributed by atoms with Crippen molar-refractivity contribution < 1.29 is 8.42 Å². The van der Waals surface area contributed by atoms with Gasteiger partial charge in [0.05, 0.1) is 29.4 Å². The smallest absolute Gasteiger partial charge is 0.295 e. The first kappa shape index (κ1) is 25.4. The first-order chi connectivity index (χ1) is 18.7. The molecular formula is C27H30N8O3S. The van der Waals surface area contributed by atoms with Gasteiger partial charge >= 0.3 is 0 Å². The molecule has 1 aromatic carbocycles. The molecule has 3 heterocycles.